The van der Waals surface area contributed by atoms with Crippen LogP contribution in [0.3, 0.4) is 0 Å². The average molecular weight is 667 g/mol. The number of amides is 1. The van der Waals surface area contributed by atoms with Crippen molar-refractivity contribution in [2.45, 2.75) is 69.5 Å². The molecule has 2 aromatic carbocycles. The van der Waals surface area contributed by atoms with Crippen LogP contribution >= 0.6 is 22.7 Å². The van der Waals surface area contributed by atoms with Crippen molar-refractivity contribution in [3.63, 3.8) is 0 Å². The summed E-state index contributed by atoms with van der Waals surface area (Å²) in [6, 6.07) is 13.4. The number of hydrogen-bond donors (Lipinski definition) is 4. The Morgan fingerprint density at radius 3 is 2.57 bits per heavy atom. The first-order chi connectivity index (χ1) is 22.4. The molecule has 1 atom stereocenters. The molecule has 0 bridgehead atoms. The van der Waals surface area contributed by atoms with E-state index in [1.807, 2.05) is 23.1 Å². The standard InChI is InChI=1S/C35H46N4O5S2/c40-27-13-12-26(32-31(27)37-34(43)46-32)28(41)23-36-16-8-4-2-1-3-5-9-17-38-18-14-35(15-19-38)24-39(20-21-44-35)33(42)30-22-25-10-6-7-11-29(25)45-30/h6-7,10-13,22,28,36,40-41H,1-5,8-9,14-21,23-24H2,(H,37,43). The quantitative estimate of drug-likeness (QED) is 0.124. The minimum Gasteiger partial charge on any atom is -0.506 e. The number of morpholine rings is 1. The van der Waals surface area contributed by atoms with Gasteiger partial charge in [-0.1, -0.05) is 67.7 Å². The van der Waals surface area contributed by atoms with Crippen LogP contribution in [0.1, 0.15) is 79.1 Å². The number of likely N-dealkylation sites (tertiary alicyclic amines) is 1. The van der Waals surface area contributed by atoms with E-state index in [-0.39, 0.29) is 22.1 Å². The van der Waals surface area contributed by atoms with Gasteiger partial charge in [-0.15, -0.1) is 11.3 Å². The minimum absolute atomic E-state index is 0.0255. The van der Waals surface area contributed by atoms with Crippen LogP contribution in [0.25, 0.3) is 20.3 Å². The summed E-state index contributed by atoms with van der Waals surface area (Å²) in [6.07, 6.45) is 9.70. The van der Waals surface area contributed by atoms with Gasteiger partial charge in [0.2, 0.25) is 0 Å². The van der Waals surface area contributed by atoms with Gasteiger partial charge in [-0.3, -0.25) is 9.59 Å². The second-order valence-corrected chi connectivity index (χ2v) is 14.9. The third-order valence-corrected chi connectivity index (χ3v) is 11.6. The van der Waals surface area contributed by atoms with Gasteiger partial charge in [-0.2, -0.15) is 0 Å². The molecule has 0 aliphatic carbocycles. The fraction of sp³-hybridized carbons (Fsp3) is 0.543. The van der Waals surface area contributed by atoms with Crippen LogP contribution in [-0.4, -0.2) is 88.9 Å². The summed E-state index contributed by atoms with van der Waals surface area (Å²) >= 11 is 2.61. The van der Waals surface area contributed by atoms with Crippen LogP contribution < -0.4 is 10.2 Å². The Hall–Kier alpha value is -2.80. The molecule has 2 fully saturated rings. The number of benzene rings is 2. The summed E-state index contributed by atoms with van der Waals surface area (Å²) < 4.78 is 8.11. The number of phenols is 1. The Balaban J connectivity index is 0.804. The first kappa shape index (κ1) is 33.1. The maximum atomic E-state index is 13.3. The zero-order chi connectivity index (χ0) is 31.9. The number of piperidine rings is 1. The van der Waals surface area contributed by atoms with Crippen LogP contribution in [0.4, 0.5) is 0 Å². The van der Waals surface area contributed by atoms with Crippen molar-refractivity contribution in [2.75, 3.05) is 52.4 Å². The van der Waals surface area contributed by atoms with Gasteiger partial charge < -0.3 is 35.1 Å². The van der Waals surface area contributed by atoms with Gasteiger partial charge in [0.15, 0.2) is 0 Å². The number of hydrogen-bond acceptors (Lipinski definition) is 9. The Morgan fingerprint density at radius 2 is 1.76 bits per heavy atom. The maximum absolute atomic E-state index is 13.3. The van der Waals surface area contributed by atoms with Gasteiger partial charge >= 0.3 is 4.87 Å². The number of aliphatic hydroxyl groups excluding tert-OH is 1. The molecule has 0 saturated carbocycles. The van der Waals surface area contributed by atoms with Crippen LogP contribution in [-0.2, 0) is 4.74 Å². The fourth-order valence-electron chi connectivity index (χ4n) is 6.87. The van der Waals surface area contributed by atoms with E-state index in [9.17, 15) is 19.8 Å². The van der Waals surface area contributed by atoms with E-state index in [2.05, 4.69) is 27.3 Å². The van der Waals surface area contributed by atoms with E-state index < -0.39 is 6.10 Å². The van der Waals surface area contributed by atoms with Crippen LogP contribution in [0.5, 0.6) is 5.75 Å². The molecule has 4 heterocycles. The fourth-order valence-corrected chi connectivity index (χ4v) is 8.82. The van der Waals surface area contributed by atoms with Crippen LogP contribution in [0.2, 0.25) is 0 Å². The summed E-state index contributed by atoms with van der Waals surface area (Å²) in [5.41, 5.74) is 0.864. The zero-order valence-corrected chi connectivity index (χ0v) is 28.1. The number of nitrogens with zero attached hydrogens (tertiary/aromatic N) is 2. The summed E-state index contributed by atoms with van der Waals surface area (Å²) in [4.78, 5) is 32.9. The molecule has 1 spiro atoms. The number of carbonyl (C=O) groups excluding carboxylic acids is 1. The Kier molecular flexibility index (Phi) is 11.1. The third-order valence-electron chi connectivity index (χ3n) is 9.55. The molecule has 2 aromatic heterocycles. The van der Waals surface area contributed by atoms with E-state index in [0.29, 0.717) is 42.0 Å². The molecule has 9 nitrogen and oxygen atoms in total. The number of thiophene rings is 1. The highest BCUT2D eigenvalue weighted by Gasteiger charge is 2.41. The molecule has 4 N–H and O–H groups in total. The van der Waals surface area contributed by atoms with Gasteiger partial charge in [-0.25, -0.2) is 0 Å². The smallest absolute Gasteiger partial charge is 0.305 e. The second-order valence-electron chi connectivity index (χ2n) is 12.8. The second kappa shape index (κ2) is 15.4. The highest BCUT2D eigenvalue weighted by atomic mass is 32.1. The number of thiazole rings is 1. The summed E-state index contributed by atoms with van der Waals surface area (Å²) in [6.45, 7) is 6.46. The molecule has 46 heavy (non-hydrogen) atoms. The predicted octanol–water partition coefficient (Wildman–Crippen LogP) is 5.87. The van der Waals surface area contributed by atoms with Crippen molar-refractivity contribution in [1.29, 1.82) is 0 Å². The van der Waals surface area contributed by atoms with E-state index in [1.165, 1.54) is 44.6 Å². The summed E-state index contributed by atoms with van der Waals surface area (Å²) in [5.74, 6) is 0.170. The van der Waals surface area contributed by atoms with Crippen molar-refractivity contribution >= 4 is 48.9 Å². The molecule has 4 aromatic rings. The third kappa shape index (κ3) is 8.00. The molecular formula is C35H46N4O5S2. The lowest BCUT2D eigenvalue weighted by atomic mass is 9.89. The molecule has 1 amide bonds. The lowest BCUT2D eigenvalue weighted by Crippen LogP contribution is -2.58. The molecule has 2 aliphatic rings. The number of ether oxygens (including phenoxy) is 1. The molecule has 0 radical (unpaired) electrons. The SMILES string of the molecule is O=C(c1cc2ccccc2s1)N1CCOC2(CCN(CCCCCCCCCNCC(O)c3ccc(O)c4[nH]c(=O)sc34)CC2)C1. The minimum atomic E-state index is -0.730. The molecular weight excluding hydrogens is 621 g/mol. The van der Waals surface area contributed by atoms with E-state index >= 15 is 0 Å². The lowest BCUT2D eigenvalue weighted by Gasteiger charge is -2.47. The summed E-state index contributed by atoms with van der Waals surface area (Å²) in [7, 11) is 0. The van der Waals surface area contributed by atoms with Crippen LogP contribution in [0, 0.1) is 0 Å². The lowest BCUT2D eigenvalue weighted by molar-refractivity contribution is -0.127. The van der Waals surface area contributed by atoms with E-state index in [1.54, 1.807) is 17.4 Å². The molecule has 2 aliphatic heterocycles. The van der Waals surface area contributed by atoms with Gasteiger partial charge in [0.25, 0.3) is 5.91 Å². The molecule has 6 rings (SSSR count). The number of aliphatic hydroxyl groups is 1. The number of rotatable bonds is 14. The highest BCUT2D eigenvalue weighted by molar-refractivity contribution is 7.20. The highest BCUT2D eigenvalue weighted by Crippen LogP contribution is 2.33. The number of phenolic OH excluding ortho intramolecular Hbond substituents is 1. The van der Waals surface area contributed by atoms with E-state index in [4.69, 9.17) is 4.74 Å². The Bertz CT molecular complexity index is 1620. The maximum Gasteiger partial charge on any atom is 0.305 e. The van der Waals surface area contributed by atoms with E-state index in [0.717, 1.165) is 71.7 Å². The number of unbranched alkanes of at least 4 members (excludes halogenated alkanes) is 6. The average Bonchev–Trinajstić information content (AvgIpc) is 3.68. The monoisotopic (exact) mass is 666 g/mol. The first-order valence-corrected chi connectivity index (χ1v) is 18.4. The normalized spacial score (nSPS) is 17.7. The topological polar surface area (TPSA) is 118 Å². The van der Waals surface area contributed by atoms with Gasteiger partial charge in [0.1, 0.15) is 11.3 Å². The predicted molar refractivity (Wildman–Crippen MR) is 186 cm³/mol. The largest absolute Gasteiger partial charge is 0.506 e. The number of fused-ring (bicyclic) bond motifs is 2. The van der Waals surface area contributed by atoms with Crippen molar-refractivity contribution in [2.24, 2.45) is 0 Å². The zero-order valence-electron chi connectivity index (χ0n) is 26.5. The van der Waals surface area contributed by atoms with Gasteiger partial charge in [-0.05, 0) is 62.4 Å². The number of nitrogens with one attached hydrogen (secondary N) is 2. The van der Waals surface area contributed by atoms with Crippen molar-refractivity contribution in [1.82, 2.24) is 20.1 Å². The number of carbonyl (C=O) groups is 1. The van der Waals surface area contributed by atoms with Crippen LogP contribution in [0.15, 0.2) is 47.3 Å². The van der Waals surface area contributed by atoms with Crippen molar-refractivity contribution in [3.05, 3.63) is 62.6 Å². The van der Waals surface area contributed by atoms with Crippen molar-refractivity contribution < 1.29 is 19.7 Å². The van der Waals surface area contributed by atoms with Crippen molar-refractivity contribution in [3.8, 4) is 5.75 Å². The Morgan fingerprint density at radius 1 is 1.00 bits per heavy atom. The number of aromatic amines is 1. The Labute approximate surface area is 278 Å². The first-order valence-electron chi connectivity index (χ1n) is 16.8. The van der Waals surface area contributed by atoms with Gasteiger partial charge in [0.05, 0.1) is 34.4 Å². The molecule has 248 valence electrons. The van der Waals surface area contributed by atoms with Gasteiger partial charge in [0, 0.05) is 36.4 Å². The molecule has 11 heteroatoms. The molecule has 1 unspecified atom stereocenters. The number of aromatic hydroxyl groups is 1. The molecule has 2 saturated heterocycles. The number of aromatic nitrogens is 1. The summed E-state index contributed by atoms with van der Waals surface area (Å²) in [5, 5.41) is 25.0. The number of H-pyrrole nitrogens is 1.